The van der Waals surface area contributed by atoms with Crippen molar-refractivity contribution >= 4 is 52.9 Å². The van der Waals surface area contributed by atoms with Crippen molar-refractivity contribution in [2.45, 2.75) is 33.7 Å². The summed E-state index contributed by atoms with van der Waals surface area (Å²) in [6.45, 7) is 11.3. The summed E-state index contributed by atoms with van der Waals surface area (Å²) in [5.41, 5.74) is 2.30. The van der Waals surface area contributed by atoms with Gasteiger partial charge in [0.1, 0.15) is 5.01 Å². The lowest BCUT2D eigenvalue weighted by Gasteiger charge is -2.36. The Balaban J connectivity index is 0.00000341. The van der Waals surface area contributed by atoms with Gasteiger partial charge in [0, 0.05) is 56.3 Å². The number of hydrogen-bond donors (Lipinski definition) is 2. The van der Waals surface area contributed by atoms with Gasteiger partial charge in [0.05, 0.1) is 12.2 Å². The molecule has 1 aliphatic rings. The number of amides is 1. The van der Waals surface area contributed by atoms with Crippen LogP contribution in [0.3, 0.4) is 0 Å². The fourth-order valence-corrected chi connectivity index (χ4v) is 4.25. The molecule has 2 N–H and O–H groups in total. The molecule has 1 aliphatic heterocycles. The first-order valence-electron chi connectivity index (χ1n) is 10.6. The fraction of sp³-hybridized carbons (Fsp3) is 0.500. The number of halogens is 1. The SMILES string of the molecule is CCNC(=NCc1nc(C)c(C)s1)NCCC(=O)N1CCN(c2ccccc2)CC1.I. The third kappa shape index (κ3) is 7.64. The van der Waals surface area contributed by atoms with E-state index in [1.54, 1.807) is 11.3 Å². The number of aryl methyl sites for hydroxylation is 2. The largest absolute Gasteiger partial charge is 0.368 e. The Morgan fingerprint density at radius 3 is 2.45 bits per heavy atom. The molecule has 1 amide bonds. The number of thiazole rings is 1. The summed E-state index contributed by atoms with van der Waals surface area (Å²) in [4.78, 5) is 27.3. The Bertz CT molecular complexity index is 829. The quantitative estimate of drug-likeness (QED) is 0.312. The van der Waals surface area contributed by atoms with E-state index in [2.05, 4.69) is 56.7 Å². The lowest BCUT2D eigenvalue weighted by Crippen LogP contribution is -2.49. The van der Waals surface area contributed by atoms with E-state index in [1.807, 2.05) is 24.8 Å². The molecule has 31 heavy (non-hydrogen) atoms. The van der Waals surface area contributed by atoms with Gasteiger partial charge < -0.3 is 20.4 Å². The molecule has 2 heterocycles. The summed E-state index contributed by atoms with van der Waals surface area (Å²) in [6.07, 6.45) is 0.464. The van der Waals surface area contributed by atoms with Gasteiger partial charge in [-0.2, -0.15) is 0 Å². The smallest absolute Gasteiger partial charge is 0.224 e. The van der Waals surface area contributed by atoms with Gasteiger partial charge >= 0.3 is 0 Å². The van der Waals surface area contributed by atoms with Crippen molar-refractivity contribution < 1.29 is 4.79 Å². The van der Waals surface area contributed by atoms with Crippen LogP contribution < -0.4 is 15.5 Å². The molecule has 170 valence electrons. The van der Waals surface area contributed by atoms with Crippen LogP contribution in [0.25, 0.3) is 0 Å². The Hall–Kier alpha value is -1.88. The number of nitrogens with zero attached hydrogens (tertiary/aromatic N) is 4. The van der Waals surface area contributed by atoms with Crippen molar-refractivity contribution in [1.82, 2.24) is 20.5 Å². The van der Waals surface area contributed by atoms with Crippen molar-refractivity contribution in [1.29, 1.82) is 0 Å². The average molecular weight is 557 g/mol. The first-order valence-corrected chi connectivity index (χ1v) is 11.4. The van der Waals surface area contributed by atoms with Gasteiger partial charge in [-0.3, -0.25) is 4.79 Å². The molecule has 0 spiro atoms. The average Bonchev–Trinajstić information content (AvgIpc) is 3.10. The third-order valence-corrected chi connectivity index (χ3v) is 6.23. The Labute approximate surface area is 206 Å². The number of para-hydroxylation sites is 1. The summed E-state index contributed by atoms with van der Waals surface area (Å²) in [5, 5.41) is 7.52. The van der Waals surface area contributed by atoms with Crippen LogP contribution in [0.15, 0.2) is 35.3 Å². The third-order valence-electron chi connectivity index (χ3n) is 5.17. The standard InChI is InChI=1S/C22H32N6OS.HI/c1-4-23-22(25-16-20-26-17(2)18(3)30-20)24-11-10-21(29)28-14-12-27(13-15-28)19-8-6-5-7-9-19;/h5-9H,4,10-16H2,1-3H3,(H2,23,24,25);1H. The topological polar surface area (TPSA) is 72.9 Å². The lowest BCUT2D eigenvalue weighted by atomic mass is 10.2. The Morgan fingerprint density at radius 1 is 1.13 bits per heavy atom. The highest BCUT2D eigenvalue weighted by Gasteiger charge is 2.20. The van der Waals surface area contributed by atoms with E-state index in [0.29, 0.717) is 19.5 Å². The summed E-state index contributed by atoms with van der Waals surface area (Å²) < 4.78 is 0. The van der Waals surface area contributed by atoms with E-state index in [9.17, 15) is 4.79 Å². The Kier molecular flexibility index (Phi) is 10.5. The molecule has 1 saturated heterocycles. The zero-order chi connectivity index (χ0) is 21.3. The minimum Gasteiger partial charge on any atom is -0.368 e. The molecular weight excluding hydrogens is 523 g/mol. The number of hydrogen-bond acceptors (Lipinski definition) is 5. The minimum absolute atomic E-state index is 0. The molecule has 3 rings (SSSR count). The summed E-state index contributed by atoms with van der Waals surface area (Å²) in [7, 11) is 0. The number of carbonyl (C=O) groups is 1. The van der Waals surface area contributed by atoms with E-state index < -0.39 is 0 Å². The number of piperazine rings is 1. The van der Waals surface area contributed by atoms with Crippen molar-refractivity contribution in [2.24, 2.45) is 4.99 Å². The first-order chi connectivity index (χ1) is 14.6. The van der Waals surface area contributed by atoms with Crippen LogP contribution in [0.1, 0.15) is 28.9 Å². The summed E-state index contributed by atoms with van der Waals surface area (Å²) >= 11 is 1.68. The first kappa shape index (κ1) is 25.4. The number of carbonyl (C=O) groups excluding carboxylic acids is 1. The van der Waals surface area contributed by atoms with Gasteiger partial charge in [-0.25, -0.2) is 9.98 Å². The van der Waals surface area contributed by atoms with E-state index >= 15 is 0 Å². The van der Waals surface area contributed by atoms with Crippen LogP contribution in [-0.4, -0.2) is 61.0 Å². The molecule has 9 heteroatoms. The second-order valence-electron chi connectivity index (χ2n) is 7.32. The predicted octanol–water partition coefficient (Wildman–Crippen LogP) is 3.17. The monoisotopic (exact) mass is 556 g/mol. The maximum Gasteiger partial charge on any atom is 0.224 e. The molecule has 0 saturated carbocycles. The fourth-order valence-electron chi connectivity index (χ4n) is 3.39. The van der Waals surface area contributed by atoms with Crippen molar-refractivity contribution in [3.63, 3.8) is 0 Å². The maximum absolute atomic E-state index is 12.6. The van der Waals surface area contributed by atoms with Crippen LogP contribution in [0.2, 0.25) is 0 Å². The summed E-state index contributed by atoms with van der Waals surface area (Å²) in [6, 6.07) is 10.4. The highest BCUT2D eigenvalue weighted by molar-refractivity contribution is 14.0. The molecule has 2 aromatic rings. The number of nitrogens with one attached hydrogen (secondary N) is 2. The Morgan fingerprint density at radius 2 is 1.84 bits per heavy atom. The number of aliphatic imine (C=N–C) groups is 1. The van der Waals surface area contributed by atoms with E-state index in [4.69, 9.17) is 0 Å². The second-order valence-corrected chi connectivity index (χ2v) is 8.61. The second kappa shape index (κ2) is 12.8. The number of aromatic nitrogens is 1. The molecule has 0 bridgehead atoms. The van der Waals surface area contributed by atoms with Crippen molar-refractivity contribution in [3.8, 4) is 0 Å². The van der Waals surface area contributed by atoms with Gasteiger partial charge in [-0.05, 0) is 32.9 Å². The van der Waals surface area contributed by atoms with Crippen molar-refractivity contribution in [3.05, 3.63) is 45.9 Å². The van der Waals surface area contributed by atoms with Gasteiger partial charge in [0.25, 0.3) is 0 Å². The highest BCUT2D eigenvalue weighted by atomic mass is 127. The molecule has 7 nitrogen and oxygen atoms in total. The maximum atomic E-state index is 12.6. The van der Waals surface area contributed by atoms with E-state index in [1.165, 1.54) is 10.6 Å². The summed E-state index contributed by atoms with van der Waals surface area (Å²) in [5.74, 6) is 0.918. The van der Waals surface area contributed by atoms with Crippen LogP contribution in [0, 0.1) is 13.8 Å². The molecular formula is C22H33IN6OS. The molecule has 0 aliphatic carbocycles. The van der Waals surface area contributed by atoms with E-state index in [-0.39, 0.29) is 29.9 Å². The molecule has 0 radical (unpaired) electrons. The van der Waals surface area contributed by atoms with Gasteiger partial charge in [0.15, 0.2) is 5.96 Å². The lowest BCUT2D eigenvalue weighted by molar-refractivity contribution is -0.131. The highest BCUT2D eigenvalue weighted by Crippen LogP contribution is 2.17. The zero-order valence-electron chi connectivity index (χ0n) is 18.6. The molecule has 0 atom stereocenters. The van der Waals surface area contributed by atoms with Crippen LogP contribution >= 0.6 is 35.3 Å². The predicted molar refractivity (Wildman–Crippen MR) is 140 cm³/mol. The van der Waals surface area contributed by atoms with Crippen LogP contribution in [-0.2, 0) is 11.3 Å². The molecule has 0 unspecified atom stereocenters. The molecule has 1 fully saturated rings. The van der Waals surface area contributed by atoms with E-state index in [0.717, 1.165) is 49.4 Å². The normalized spacial score (nSPS) is 14.2. The molecule has 1 aromatic carbocycles. The van der Waals surface area contributed by atoms with Gasteiger partial charge in [-0.15, -0.1) is 35.3 Å². The van der Waals surface area contributed by atoms with Crippen LogP contribution in [0.5, 0.6) is 0 Å². The minimum atomic E-state index is 0. The number of anilines is 1. The van der Waals surface area contributed by atoms with Gasteiger partial charge in [-0.1, -0.05) is 18.2 Å². The number of rotatable bonds is 7. The number of guanidine groups is 1. The molecule has 1 aromatic heterocycles. The van der Waals surface area contributed by atoms with Crippen LogP contribution in [0.4, 0.5) is 5.69 Å². The number of benzene rings is 1. The van der Waals surface area contributed by atoms with Crippen molar-refractivity contribution in [2.75, 3.05) is 44.2 Å². The zero-order valence-corrected chi connectivity index (χ0v) is 21.7. The van der Waals surface area contributed by atoms with Gasteiger partial charge in [0.2, 0.25) is 5.91 Å².